The fraction of sp³-hybridized carbons (Fsp3) is 0.417. The molecule has 2 nitrogen and oxygen atoms in total. The second-order valence-corrected chi connectivity index (χ2v) is 4.22. The molecule has 1 aromatic heterocycles. The van der Waals surface area contributed by atoms with Crippen LogP contribution in [0.25, 0.3) is 0 Å². The number of fused-ring (bicyclic) bond motifs is 3. The van der Waals surface area contributed by atoms with Crippen LogP contribution in [0.1, 0.15) is 40.2 Å². The second kappa shape index (κ2) is 2.59. The van der Waals surface area contributed by atoms with Crippen molar-refractivity contribution in [3.8, 4) is 0 Å². The highest BCUT2D eigenvalue weighted by Crippen LogP contribution is 2.33. The van der Waals surface area contributed by atoms with Crippen molar-refractivity contribution >= 4 is 5.78 Å². The standard InChI is InChI=1S/C12H13NO/c1-7-5-6-10-11(12(7)14)8-3-2-4-9(8)13-10/h13H,1-6H2. The molecule has 0 saturated carbocycles. The van der Waals surface area contributed by atoms with Gasteiger partial charge in [0.15, 0.2) is 5.78 Å². The molecule has 3 rings (SSSR count). The molecule has 0 aliphatic heterocycles. The van der Waals surface area contributed by atoms with Gasteiger partial charge >= 0.3 is 0 Å². The lowest BCUT2D eigenvalue weighted by Gasteiger charge is -2.13. The Morgan fingerprint density at radius 2 is 1.93 bits per heavy atom. The molecule has 14 heavy (non-hydrogen) atoms. The van der Waals surface area contributed by atoms with Gasteiger partial charge in [-0.15, -0.1) is 0 Å². The van der Waals surface area contributed by atoms with Gasteiger partial charge in [0.2, 0.25) is 0 Å². The zero-order valence-electron chi connectivity index (χ0n) is 8.15. The number of ketones is 1. The Kier molecular flexibility index (Phi) is 1.49. The predicted molar refractivity (Wildman–Crippen MR) is 54.6 cm³/mol. The van der Waals surface area contributed by atoms with E-state index >= 15 is 0 Å². The number of hydrogen-bond donors (Lipinski definition) is 1. The van der Waals surface area contributed by atoms with Crippen molar-refractivity contribution in [3.63, 3.8) is 0 Å². The van der Waals surface area contributed by atoms with Crippen LogP contribution < -0.4 is 0 Å². The molecule has 1 N–H and O–H groups in total. The quantitative estimate of drug-likeness (QED) is 0.620. The summed E-state index contributed by atoms with van der Waals surface area (Å²) in [6.45, 7) is 3.84. The highest BCUT2D eigenvalue weighted by atomic mass is 16.1. The maximum absolute atomic E-state index is 11.9. The molecule has 0 fully saturated rings. The van der Waals surface area contributed by atoms with Gasteiger partial charge in [0.1, 0.15) is 0 Å². The van der Waals surface area contributed by atoms with Crippen LogP contribution in [0, 0.1) is 0 Å². The van der Waals surface area contributed by atoms with Gasteiger partial charge < -0.3 is 4.98 Å². The Labute approximate surface area is 83.0 Å². The van der Waals surface area contributed by atoms with Crippen molar-refractivity contribution in [2.75, 3.05) is 0 Å². The molecule has 2 heteroatoms. The fourth-order valence-electron chi connectivity index (χ4n) is 2.61. The van der Waals surface area contributed by atoms with E-state index in [1.807, 2.05) is 0 Å². The van der Waals surface area contributed by atoms with E-state index in [1.165, 1.54) is 17.7 Å². The molecule has 1 heterocycles. The monoisotopic (exact) mass is 187 g/mol. The number of aromatic amines is 1. The maximum atomic E-state index is 11.9. The van der Waals surface area contributed by atoms with Gasteiger partial charge in [-0.1, -0.05) is 6.58 Å². The van der Waals surface area contributed by atoms with Crippen molar-refractivity contribution in [2.24, 2.45) is 0 Å². The number of carbonyl (C=O) groups is 1. The summed E-state index contributed by atoms with van der Waals surface area (Å²) in [6, 6.07) is 0. The highest BCUT2D eigenvalue weighted by Gasteiger charge is 2.29. The number of Topliss-reactive ketones (excluding diaryl/α,β-unsaturated/α-hetero) is 1. The van der Waals surface area contributed by atoms with Crippen LogP contribution in [-0.2, 0) is 19.3 Å². The van der Waals surface area contributed by atoms with Crippen LogP contribution in [0.3, 0.4) is 0 Å². The molecule has 0 bridgehead atoms. The van der Waals surface area contributed by atoms with E-state index in [0.29, 0.717) is 0 Å². The summed E-state index contributed by atoms with van der Waals surface area (Å²) in [5.41, 5.74) is 5.50. The lowest BCUT2D eigenvalue weighted by Crippen LogP contribution is -2.13. The SMILES string of the molecule is C=C1CCc2[nH]c3c(c2C1=O)CCC3. The topological polar surface area (TPSA) is 32.9 Å². The Bertz CT molecular complexity index is 439. The zero-order chi connectivity index (χ0) is 9.71. The second-order valence-electron chi connectivity index (χ2n) is 4.22. The molecule has 0 unspecified atom stereocenters. The molecule has 0 amide bonds. The minimum absolute atomic E-state index is 0.186. The number of hydrogen-bond acceptors (Lipinski definition) is 1. The Morgan fingerprint density at radius 1 is 1.07 bits per heavy atom. The first kappa shape index (κ1) is 8.04. The summed E-state index contributed by atoms with van der Waals surface area (Å²) in [5, 5.41) is 0. The lowest BCUT2D eigenvalue weighted by molar-refractivity contribution is 0.102. The molecular formula is C12H13NO. The van der Waals surface area contributed by atoms with Gasteiger partial charge in [0.25, 0.3) is 0 Å². The first-order valence-electron chi connectivity index (χ1n) is 5.22. The van der Waals surface area contributed by atoms with Gasteiger partial charge in [-0.2, -0.15) is 0 Å². The van der Waals surface area contributed by atoms with Crippen molar-refractivity contribution in [2.45, 2.75) is 32.1 Å². The van der Waals surface area contributed by atoms with Crippen LogP contribution in [0.4, 0.5) is 0 Å². The van der Waals surface area contributed by atoms with Crippen molar-refractivity contribution in [1.82, 2.24) is 4.98 Å². The van der Waals surface area contributed by atoms with Crippen molar-refractivity contribution < 1.29 is 4.79 Å². The molecule has 0 radical (unpaired) electrons. The Morgan fingerprint density at radius 3 is 2.79 bits per heavy atom. The third-order valence-corrected chi connectivity index (χ3v) is 3.35. The molecule has 1 aromatic rings. The zero-order valence-corrected chi connectivity index (χ0v) is 8.15. The predicted octanol–water partition coefficient (Wildman–Crippen LogP) is 2.19. The van der Waals surface area contributed by atoms with E-state index < -0.39 is 0 Å². The molecule has 0 atom stereocenters. The van der Waals surface area contributed by atoms with Gasteiger partial charge in [0, 0.05) is 17.0 Å². The summed E-state index contributed by atoms with van der Waals surface area (Å²) in [6.07, 6.45) is 5.16. The Hall–Kier alpha value is -1.31. The number of aryl methyl sites for hydroxylation is 2. The minimum atomic E-state index is 0.186. The van der Waals surface area contributed by atoms with Crippen molar-refractivity contribution in [3.05, 3.63) is 34.7 Å². The molecule has 72 valence electrons. The molecular weight excluding hydrogens is 174 g/mol. The average Bonchev–Trinajstić information content (AvgIpc) is 2.70. The van der Waals surface area contributed by atoms with E-state index in [1.54, 1.807) is 0 Å². The van der Waals surface area contributed by atoms with Crippen LogP contribution in [-0.4, -0.2) is 10.8 Å². The summed E-state index contributed by atoms with van der Waals surface area (Å²) in [5.74, 6) is 0.186. The lowest BCUT2D eigenvalue weighted by atomic mass is 9.90. The van der Waals surface area contributed by atoms with Crippen LogP contribution in [0.15, 0.2) is 12.2 Å². The number of rotatable bonds is 0. The van der Waals surface area contributed by atoms with E-state index in [-0.39, 0.29) is 5.78 Å². The van der Waals surface area contributed by atoms with E-state index in [9.17, 15) is 4.79 Å². The van der Waals surface area contributed by atoms with Crippen LogP contribution in [0.5, 0.6) is 0 Å². The molecule has 2 aliphatic carbocycles. The first-order chi connectivity index (χ1) is 6.77. The van der Waals surface area contributed by atoms with Gasteiger partial charge in [0.05, 0.1) is 0 Å². The summed E-state index contributed by atoms with van der Waals surface area (Å²) in [4.78, 5) is 15.3. The third kappa shape index (κ3) is 0.884. The number of allylic oxidation sites excluding steroid dienone is 1. The van der Waals surface area contributed by atoms with Gasteiger partial charge in [-0.25, -0.2) is 0 Å². The largest absolute Gasteiger partial charge is 0.361 e. The average molecular weight is 187 g/mol. The van der Waals surface area contributed by atoms with Crippen molar-refractivity contribution in [1.29, 1.82) is 0 Å². The van der Waals surface area contributed by atoms with E-state index in [4.69, 9.17) is 0 Å². The van der Waals surface area contributed by atoms with Gasteiger partial charge in [-0.05, 0) is 43.2 Å². The van der Waals surface area contributed by atoms with Crippen LogP contribution >= 0.6 is 0 Å². The Balaban J connectivity index is 2.22. The minimum Gasteiger partial charge on any atom is -0.361 e. The number of aromatic nitrogens is 1. The molecule has 0 saturated heterocycles. The van der Waals surface area contributed by atoms with E-state index in [2.05, 4.69) is 11.6 Å². The highest BCUT2D eigenvalue weighted by molar-refractivity contribution is 6.11. The van der Waals surface area contributed by atoms with Crippen LogP contribution in [0.2, 0.25) is 0 Å². The molecule has 2 aliphatic rings. The van der Waals surface area contributed by atoms with E-state index in [0.717, 1.165) is 42.5 Å². The summed E-state index contributed by atoms with van der Waals surface area (Å²) in [7, 11) is 0. The number of H-pyrrole nitrogens is 1. The normalized spacial score (nSPS) is 19.7. The number of nitrogens with one attached hydrogen (secondary N) is 1. The molecule has 0 aromatic carbocycles. The summed E-state index contributed by atoms with van der Waals surface area (Å²) >= 11 is 0. The van der Waals surface area contributed by atoms with Gasteiger partial charge in [-0.3, -0.25) is 4.79 Å². The first-order valence-corrected chi connectivity index (χ1v) is 5.22. The smallest absolute Gasteiger partial charge is 0.190 e. The maximum Gasteiger partial charge on any atom is 0.190 e. The number of carbonyl (C=O) groups excluding carboxylic acids is 1. The molecule has 0 spiro atoms. The fourth-order valence-corrected chi connectivity index (χ4v) is 2.61. The third-order valence-electron chi connectivity index (χ3n) is 3.35. The summed E-state index contributed by atoms with van der Waals surface area (Å²) < 4.78 is 0.